The van der Waals surface area contributed by atoms with Gasteiger partial charge in [0, 0.05) is 46.0 Å². The van der Waals surface area contributed by atoms with E-state index in [-0.39, 0.29) is 21.6 Å². The molecule has 30 heavy (non-hydrogen) atoms. The van der Waals surface area contributed by atoms with Gasteiger partial charge in [-0.2, -0.15) is 11.8 Å². The van der Waals surface area contributed by atoms with Gasteiger partial charge in [0.25, 0.3) is 0 Å². The van der Waals surface area contributed by atoms with Crippen LogP contribution in [-0.2, 0) is 16.6 Å². The number of rotatable bonds is 6. The van der Waals surface area contributed by atoms with Crippen LogP contribution < -0.4 is 0 Å². The summed E-state index contributed by atoms with van der Waals surface area (Å²) >= 11 is 13.6. The normalized spacial score (nSPS) is 12.7. The molecule has 2 rings (SSSR count). The molecule has 0 aliphatic rings. The third-order valence-corrected chi connectivity index (χ3v) is 6.27. The fourth-order valence-corrected chi connectivity index (χ4v) is 4.31. The maximum atomic E-state index is 10.8. The average molecular weight is 468 g/mol. The largest absolute Gasteiger partial charge is 0.507 e. The van der Waals surface area contributed by atoms with Gasteiger partial charge in [-0.05, 0) is 34.6 Å². The molecule has 2 N–H and O–H groups in total. The number of aromatic hydroxyl groups is 2. The maximum absolute atomic E-state index is 10.8. The van der Waals surface area contributed by atoms with Crippen molar-refractivity contribution in [3.63, 3.8) is 0 Å². The Balaban J connectivity index is 2.07. The fourth-order valence-electron chi connectivity index (χ4n) is 2.95. The van der Waals surface area contributed by atoms with Crippen molar-refractivity contribution < 1.29 is 10.2 Å². The van der Waals surface area contributed by atoms with Crippen molar-refractivity contribution in [2.75, 3.05) is 12.3 Å². The molecule has 0 radical (unpaired) electrons. The summed E-state index contributed by atoms with van der Waals surface area (Å²) in [4.78, 5) is 4.52. The van der Waals surface area contributed by atoms with E-state index >= 15 is 0 Å². The van der Waals surface area contributed by atoms with Crippen molar-refractivity contribution in [3.05, 3.63) is 56.6 Å². The number of hydrogen-bond donors (Lipinski definition) is 2. The first-order chi connectivity index (χ1) is 13.8. The van der Waals surface area contributed by atoms with Gasteiger partial charge in [0.05, 0.1) is 5.02 Å². The molecule has 3 nitrogen and oxygen atoms in total. The van der Waals surface area contributed by atoms with E-state index in [1.54, 1.807) is 24.0 Å². The van der Waals surface area contributed by atoms with Gasteiger partial charge in [-0.15, -0.1) is 0 Å². The van der Waals surface area contributed by atoms with Gasteiger partial charge in [0.1, 0.15) is 11.5 Å². The van der Waals surface area contributed by atoms with Crippen LogP contribution in [0.2, 0.25) is 10.0 Å². The third kappa shape index (κ3) is 6.57. The van der Waals surface area contributed by atoms with Crippen LogP contribution in [0.4, 0.5) is 0 Å². The molecule has 2 aromatic rings. The molecule has 0 bridgehead atoms. The second-order valence-corrected chi connectivity index (χ2v) is 11.4. The smallest absolute Gasteiger partial charge is 0.138 e. The topological polar surface area (TPSA) is 52.8 Å². The lowest BCUT2D eigenvalue weighted by Gasteiger charge is -2.27. The molecule has 2 aromatic carbocycles. The van der Waals surface area contributed by atoms with E-state index < -0.39 is 0 Å². The Labute approximate surface area is 194 Å². The number of thioether (sulfide) groups is 1. The molecule has 0 spiro atoms. The van der Waals surface area contributed by atoms with E-state index in [1.165, 1.54) is 11.6 Å². The van der Waals surface area contributed by atoms with Gasteiger partial charge in [-0.25, -0.2) is 0 Å². The van der Waals surface area contributed by atoms with E-state index in [9.17, 15) is 10.2 Å². The average Bonchev–Trinajstić information content (AvgIpc) is 2.60. The molecule has 0 saturated heterocycles. The predicted octanol–water partition coefficient (Wildman–Crippen LogP) is 7.35. The molecular formula is C24H31Cl2NO2S. The monoisotopic (exact) mass is 467 g/mol. The molecule has 0 unspecified atom stereocenters. The molecular weight excluding hydrogens is 437 g/mol. The Hall–Kier alpha value is -1.36. The lowest BCUT2D eigenvalue weighted by molar-refractivity contribution is 0.444. The summed E-state index contributed by atoms with van der Waals surface area (Å²) in [6, 6.07) is 7.38. The summed E-state index contributed by atoms with van der Waals surface area (Å²) in [5, 5.41) is 21.6. The molecule has 0 aliphatic heterocycles. The number of phenolic OH excluding ortho intramolecular Hbond substituents is 2. The van der Waals surface area contributed by atoms with Crippen LogP contribution in [-0.4, -0.2) is 28.7 Å². The molecule has 0 saturated carbocycles. The second-order valence-electron chi connectivity index (χ2n) is 9.44. The minimum Gasteiger partial charge on any atom is -0.507 e. The van der Waals surface area contributed by atoms with Crippen LogP contribution in [0, 0.1) is 0 Å². The molecule has 0 aliphatic carbocycles. The van der Waals surface area contributed by atoms with Gasteiger partial charge in [0.15, 0.2) is 0 Å². The summed E-state index contributed by atoms with van der Waals surface area (Å²) in [5.74, 6) is 1.74. The highest BCUT2D eigenvalue weighted by atomic mass is 35.5. The number of halogens is 2. The van der Waals surface area contributed by atoms with E-state index in [2.05, 4.69) is 52.6 Å². The first kappa shape index (κ1) is 24.9. The van der Waals surface area contributed by atoms with Crippen LogP contribution in [0.15, 0.2) is 29.3 Å². The first-order valence-electron chi connectivity index (χ1n) is 9.93. The van der Waals surface area contributed by atoms with E-state index in [4.69, 9.17) is 23.2 Å². The zero-order valence-electron chi connectivity index (χ0n) is 18.5. The van der Waals surface area contributed by atoms with Gasteiger partial charge in [-0.1, -0.05) is 70.8 Å². The molecule has 6 heteroatoms. The summed E-state index contributed by atoms with van der Waals surface area (Å²) in [6.07, 6.45) is 1.76. The Morgan fingerprint density at radius 2 is 1.60 bits per heavy atom. The lowest BCUT2D eigenvalue weighted by atomic mass is 9.79. The van der Waals surface area contributed by atoms with Crippen molar-refractivity contribution in [1.29, 1.82) is 0 Å². The van der Waals surface area contributed by atoms with Crippen LogP contribution in [0.5, 0.6) is 11.5 Å². The maximum Gasteiger partial charge on any atom is 0.138 e. The minimum atomic E-state index is -0.163. The standard InChI is InChI=1S/C24H31Cl2NO2S/c1-23(2,3)17-9-15(21(28)19(11-17)24(4,5)6)13-27-7-8-30-14-16-10-18(25)12-20(26)22(16)29/h9-13,28-29H,7-8,14H2,1-6H3. The molecule has 0 fully saturated rings. The highest BCUT2D eigenvalue weighted by Crippen LogP contribution is 2.37. The zero-order valence-corrected chi connectivity index (χ0v) is 20.8. The van der Waals surface area contributed by atoms with Gasteiger partial charge >= 0.3 is 0 Å². The zero-order chi connectivity index (χ0) is 22.7. The Morgan fingerprint density at radius 1 is 0.933 bits per heavy atom. The second kappa shape index (κ2) is 9.84. The lowest BCUT2D eigenvalue weighted by Crippen LogP contribution is -2.17. The summed E-state index contributed by atoms with van der Waals surface area (Å²) in [7, 11) is 0. The third-order valence-electron chi connectivity index (χ3n) is 4.77. The molecule has 0 atom stereocenters. The summed E-state index contributed by atoms with van der Waals surface area (Å²) in [5.41, 5.74) is 3.38. The number of phenols is 2. The first-order valence-corrected chi connectivity index (χ1v) is 11.8. The van der Waals surface area contributed by atoms with E-state index in [1.807, 2.05) is 6.07 Å². The van der Waals surface area contributed by atoms with Crippen LogP contribution >= 0.6 is 35.0 Å². The predicted molar refractivity (Wildman–Crippen MR) is 132 cm³/mol. The quantitative estimate of drug-likeness (QED) is 0.344. The van der Waals surface area contributed by atoms with Crippen molar-refractivity contribution in [2.45, 2.75) is 58.1 Å². The number of benzene rings is 2. The van der Waals surface area contributed by atoms with Crippen LogP contribution in [0.25, 0.3) is 0 Å². The highest BCUT2D eigenvalue weighted by Gasteiger charge is 2.24. The number of nitrogens with zero attached hydrogens (tertiary/aromatic N) is 1. The minimum absolute atomic E-state index is 0.0215. The van der Waals surface area contributed by atoms with Crippen molar-refractivity contribution >= 4 is 41.2 Å². The Morgan fingerprint density at radius 3 is 2.20 bits per heavy atom. The summed E-state index contributed by atoms with van der Waals surface area (Å²) < 4.78 is 0. The van der Waals surface area contributed by atoms with Crippen LogP contribution in [0.1, 0.15) is 63.8 Å². The van der Waals surface area contributed by atoms with Gasteiger partial charge in [0.2, 0.25) is 0 Å². The number of hydrogen-bond acceptors (Lipinski definition) is 4. The fraction of sp³-hybridized carbons (Fsp3) is 0.458. The summed E-state index contributed by atoms with van der Waals surface area (Å²) in [6.45, 7) is 13.4. The van der Waals surface area contributed by atoms with E-state index in [0.29, 0.717) is 28.6 Å². The van der Waals surface area contributed by atoms with Crippen molar-refractivity contribution in [3.8, 4) is 11.5 Å². The molecule has 0 amide bonds. The van der Waals surface area contributed by atoms with Crippen molar-refractivity contribution in [2.24, 2.45) is 4.99 Å². The van der Waals surface area contributed by atoms with E-state index in [0.717, 1.165) is 16.9 Å². The Kier molecular flexibility index (Phi) is 8.17. The molecule has 0 heterocycles. The van der Waals surface area contributed by atoms with Gasteiger partial charge in [-0.3, -0.25) is 4.99 Å². The molecule has 0 aromatic heterocycles. The SMILES string of the molecule is CC(C)(C)c1cc(C=NCCSCc2cc(Cl)cc(Cl)c2O)c(O)c(C(C)(C)C)c1. The number of aliphatic imine (C=N–C) groups is 1. The van der Waals surface area contributed by atoms with Gasteiger partial charge < -0.3 is 10.2 Å². The highest BCUT2D eigenvalue weighted by molar-refractivity contribution is 7.98. The Bertz CT molecular complexity index is 928. The van der Waals surface area contributed by atoms with Crippen molar-refractivity contribution in [1.82, 2.24) is 0 Å². The van der Waals surface area contributed by atoms with Crippen LogP contribution in [0.3, 0.4) is 0 Å². The molecule has 164 valence electrons.